The van der Waals surface area contributed by atoms with E-state index < -0.39 is 0 Å². The molecule has 1 heterocycles. The molecule has 0 saturated carbocycles. The fraction of sp³-hybridized carbons (Fsp3) is 0.364. The molecule has 2 rings (SSSR count). The maximum Gasteiger partial charge on any atom is 0.234 e. The summed E-state index contributed by atoms with van der Waals surface area (Å²) in [7, 11) is 0. The summed E-state index contributed by atoms with van der Waals surface area (Å²) in [6, 6.07) is 10.3. The lowest BCUT2D eigenvalue weighted by Crippen LogP contribution is -2.37. The van der Waals surface area contributed by atoms with Crippen LogP contribution in [0, 0.1) is 0 Å². The van der Waals surface area contributed by atoms with Crippen molar-refractivity contribution >= 4 is 5.91 Å². The fourth-order valence-corrected chi connectivity index (χ4v) is 1.92. The monoisotopic (exact) mass is 190 g/mol. The molecule has 3 heteroatoms. The fourth-order valence-electron chi connectivity index (χ4n) is 1.92. The van der Waals surface area contributed by atoms with Crippen molar-refractivity contribution in [2.45, 2.75) is 24.9 Å². The summed E-state index contributed by atoms with van der Waals surface area (Å²) < 4.78 is 0. The van der Waals surface area contributed by atoms with Crippen LogP contribution in [0.25, 0.3) is 0 Å². The first kappa shape index (κ1) is 9.21. The lowest BCUT2D eigenvalue weighted by atomic mass is 10.1. The molecule has 1 aliphatic heterocycles. The number of hydrogen-bond donors (Lipinski definition) is 2. The molecular weight excluding hydrogens is 176 g/mol. The van der Waals surface area contributed by atoms with Gasteiger partial charge in [-0.3, -0.25) is 10.1 Å². The van der Waals surface area contributed by atoms with E-state index in [2.05, 4.69) is 17.4 Å². The predicted molar refractivity (Wildman–Crippen MR) is 54.5 cm³/mol. The molecule has 0 radical (unpaired) electrons. The van der Waals surface area contributed by atoms with Crippen LogP contribution in [0.3, 0.4) is 0 Å². The molecule has 2 atom stereocenters. The number of amides is 1. The minimum absolute atomic E-state index is 0.153. The third kappa shape index (κ3) is 1.77. The highest BCUT2D eigenvalue weighted by atomic mass is 16.1. The van der Waals surface area contributed by atoms with Gasteiger partial charge in [0.05, 0.1) is 6.04 Å². The van der Waals surface area contributed by atoms with Gasteiger partial charge in [-0.15, -0.1) is 0 Å². The van der Waals surface area contributed by atoms with Crippen LogP contribution in [0.5, 0.6) is 0 Å². The molecule has 0 bridgehead atoms. The van der Waals surface area contributed by atoms with E-state index in [1.165, 1.54) is 5.56 Å². The SMILES string of the molecule is NC(=O)[C@H]1CC[C@@H](c2ccccc2)N1. The number of carbonyl (C=O) groups is 1. The van der Waals surface area contributed by atoms with Gasteiger partial charge in [0, 0.05) is 6.04 Å². The first-order chi connectivity index (χ1) is 6.77. The van der Waals surface area contributed by atoms with Crippen molar-refractivity contribution in [2.75, 3.05) is 0 Å². The van der Waals surface area contributed by atoms with Gasteiger partial charge in [0.1, 0.15) is 0 Å². The van der Waals surface area contributed by atoms with Crippen LogP contribution in [0.4, 0.5) is 0 Å². The molecule has 1 aromatic carbocycles. The van der Waals surface area contributed by atoms with Gasteiger partial charge in [-0.25, -0.2) is 0 Å². The van der Waals surface area contributed by atoms with Crippen molar-refractivity contribution < 1.29 is 4.79 Å². The molecule has 0 unspecified atom stereocenters. The number of nitrogens with one attached hydrogen (secondary N) is 1. The number of nitrogens with two attached hydrogens (primary N) is 1. The van der Waals surface area contributed by atoms with Gasteiger partial charge in [0.2, 0.25) is 5.91 Å². The van der Waals surface area contributed by atoms with E-state index in [1.54, 1.807) is 0 Å². The highest BCUT2D eigenvalue weighted by molar-refractivity contribution is 5.80. The molecule has 1 aromatic rings. The number of rotatable bonds is 2. The van der Waals surface area contributed by atoms with E-state index in [1.807, 2.05) is 18.2 Å². The molecule has 14 heavy (non-hydrogen) atoms. The first-order valence-electron chi connectivity index (χ1n) is 4.87. The summed E-state index contributed by atoms with van der Waals surface area (Å²) in [5.41, 5.74) is 6.47. The lowest BCUT2D eigenvalue weighted by Gasteiger charge is -2.12. The molecular formula is C11H14N2O. The Bertz CT molecular complexity index is 323. The number of hydrogen-bond acceptors (Lipinski definition) is 2. The average Bonchev–Trinajstić information content (AvgIpc) is 2.68. The van der Waals surface area contributed by atoms with Crippen molar-refractivity contribution in [1.82, 2.24) is 5.32 Å². The minimum atomic E-state index is -0.247. The maximum atomic E-state index is 10.9. The summed E-state index contributed by atoms with van der Waals surface area (Å²) in [6.07, 6.45) is 1.83. The second-order valence-corrected chi connectivity index (χ2v) is 3.66. The zero-order valence-corrected chi connectivity index (χ0v) is 7.94. The molecule has 3 N–H and O–H groups in total. The summed E-state index contributed by atoms with van der Waals surface area (Å²) in [5, 5.41) is 3.23. The average molecular weight is 190 g/mol. The van der Waals surface area contributed by atoms with Gasteiger partial charge in [0.25, 0.3) is 0 Å². The Morgan fingerprint density at radius 1 is 1.29 bits per heavy atom. The number of benzene rings is 1. The van der Waals surface area contributed by atoms with Crippen molar-refractivity contribution in [1.29, 1.82) is 0 Å². The summed E-state index contributed by atoms with van der Waals surface area (Å²) in [4.78, 5) is 10.9. The second-order valence-electron chi connectivity index (χ2n) is 3.66. The van der Waals surface area contributed by atoms with Crippen LogP contribution in [-0.2, 0) is 4.79 Å². The Morgan fingerprint density at radius 2 is 2.00 bits per heavy atom. The second kappa shape index (κ2) is 3.80. The molecule has 3 nitrogen and oxygen atoms in total. The van der Waals surface area contributed by atoms with Crippen LogP contribution in [0.15, 0.2) is 30.3 Å². The molecule has 0 aliphatic carbocycles. The van der Waals surface area contributed by atoms with Crippen LogP contribution in [-0.4, -0.2) is 11.9 Å². The van der Waals surface area contributed by atoms with E-state index in [4.69, 9.17) is 5.73 Å². The van der Waals surface area contributed by atoms with Crippen LogP contribution >= 0.6 is 0 Å². The Labute approximate surface area is 83.3 Å². The van der Waals surface area contributed by atoms with Gasteiger partial charge in [-0.05, 0) is 18.4 Å². The molecule has 1 aliphatic rings. The Kier molecular flexibility index (Phi) is 2.50. The Balaban J connectivity index is 2.06. The van der Waals surface area contributed by atoms with E-state index >= 15 is 0 Å². The van der Waals surface area contributed by atoms with Gasteiger partial charge in [0.15, 0.2) is 0 Å². The normalized spacial score (nSPS) is 26.3. The van der Waals surface area contributed by atoms with Gasteiger partial charge in [-0.1, -0.05) is 30.3 Å². The van der Waals surface area contributed by atoms with Gasteiger partial charge in [-0.2, -0.15) is 0 Å². The highest BCUT2D eigenvalue weighted by Gasteiger charge is 2.27. The van der Waals surface area contributed by atoms with Crippen LogP contribution < -0.4 is 11.1 Å². The maximum absolute atomic E-state index is 10.9. The Morgan fingerprint density at radius 3 is 2.57 bits per heavy atom. The zero-order chi connectivity index (χ0) is 9.97. The quantitative estimate of drug-likeness (QED) is 0.730. The van der Waals surface area contributed by atoms with E-state index in [0.717, 1.165) is 12.8 Å². The van der Waals surface area contributed by atoms with Gasteiger partial charge < -0.3 is 5.73 Å². The summed E-state index contributed by atoms with van der Waals surface area (Å²) in [6.45, 7) is 0. The topological polar surface area (TPSA) is 55.1 Å². The van der Waals surface area contributed by atoms with E-state index in [0.29, 0.717) is 0 Å². The third-order valence-corrected chi connectivity index (χ3v) is 2.69. The number of primary amides is 1. The van der Waals surface area contributed by atoms with Gasteiger partial charge >= 0.3 is 0 Å². The van der Waals surface area contributed by atoms with Crippen molar-refractivity contribution in [3.05, 3.63) is 35.9 Å². The van der Waals surface area contributed by atoms with E-state index in [9.17, 15) is 4.79 Å². The summed E-state index contributed by atoms with van der Waals surface area (Å²) in [5.74, 6) is -0.247. The predicted octanol–water partition coefficient (Wildman–Crippen LogP) is 0.965. The van der Waals surface area contributed by atoms with Crippen molar-refractivity contribution in [3.8, 4) is 0 Å². The van der Waals surface area contributed by atoms with Crippen LogP contribution in [0.2, 0.25) is 0 Å². The molecule has 0 aromatic heterocycles. The van der Waals surface area contributed by atoms with Crippen molar-refractivity contribution in [2.24, 2.45) is 5.73 Å². The van der Waals surface area contributed by atoms with E-state index in [-0.39, 0.29) is 18.0 Å². The Hall–Kier alpha value is -1.35. The standard InChI is InChI=1S/C11H14N2O/c12-11(14)10-7-6-9(13-10)8-4-2-1-3-5-8/h1-5,9-10,13H,6-7H2,(H2,12,14)/t9-,10+/m0/s1. The van der Waals surface area contributed by atoms with Crippen LogP contribution in [0.1, 0.15) is 24.4 Å². The third-order valence-electron chi connectivity index (χ3n) is 2.69. The zero-order valence-electron chi connectivity index (χ0n) is 7.94. The molecule has 0 spiro atoms. The molecule has 1 fully saturated rings. The smallest absolute Gasteiger partial charge is 0.234 e. The van der Waals surface area contributed by atoms with Crippen molar-refractivity contribution in [3.63, 3.8) is 0 Å². The largest absolute Gasteiger partial charge is 0.368 e. The highest BCUT2D eigenvalue weighted by Crippen LogP contribution is 2.25. The summed E-state index contributed by atoms with van der Waals surface area (Å²) >= 11 is 0. The molecule has 1 saturated heterocycles. The minimum Gasteiger partial charge on any atom is -0.368 e. The molecule has 1 amide bonds. The first-order valence-corrected chi connectivity index (χ1v) is 4.87. The lowest BCUT2D eigenvalue weighted by molar-refractivity contribution is -0.119. The number of carbonyl (C=O) groups excluding carboxylic acids is 1. The molecule has 74 valence electrons.